The van der Waals surface area contributed by atoms with Crippen molar-refractivity contribution in [2.45, 2.75) is 31.1 Å². The zero-order valence-corrected chi connectivity index (χ0v) is 10.2. The van der Waals surface area contributed by atoms with Gasteiger partial charge in [-0.15, -0.1) is 0 Å². The number of rotatable bonds is 5. The smallest absolute Gasteiger partial charge is 0.408 e. The van der Waals surface area contributed by atoms with E-state index in [4.69, 9.17) is 9.84 Å². The molecule has 2 rings (SSSR count). The summed E-state index contributed by atoms with van der Waals surface area (Å²) in [4.78, 5) is 22.3. The number of nitrogens with one attached hydrogen (secondary N) is 1. The lowest BCUT2D eigenvalue weighted by Gasteiger charge is -2.20. The lowest BCUT2D eigenvalue weighted by atomic mass is 10.1. The second kappa shape index (κ2) is 5.27. The third kappa shape index (κ3) is 3.23. The van der Waals surface area contributed by atoms with E-state index in [0.29, 0.717) is 12.8 Å². The van der Waals surface area contributed by atoms with Crippen LogP contribution in [0.3, 0.4) is 0 Å². The Bertz CT molecular complexity index is 469. The van der Waals surface area contributed by atoms with Crippen LogP contribution in [0.25, 0.3) is 0 Å². The Morgan fingerprint density at radius 1 is 1.32 bits per heavy atom. The van der Waals surface area contributed by atoms with Gasteiger partial charge in [0.25, 0.3) is 0 Å². The minimum atomic E-state index is -1.60. The maximum Gasteiger partial charge on any atom is 0.408 e. The van der Waals surface area contributed by atoms with Gasteiger partial charge in [0.05, 0.1) is 5.54 Å². The van der Waals surface area contributed by atoms with Gasteiger partial charge < -0.3 is 20.3 Å². The van der Waals surface area contributed by atoms with Crippen molar-refractivity contribution in [1.29, 1.82) is 0 Å². The van der Waals surface area contributed by atoms with Gasteiger partial charge >= 0.3 is 12.1 Å². The molecule has 1 fully saturated rings. The first-order valence-corrected chi connectivity index (χ1v) is 5.93. The van der Waals surface area contributed by atoms with E-state index in [-0.39, 0.29) is 6.61 Å². The molecule has 0 aromatic heterocycles. The van der Waals surface area contributed by atoms with Crippen LogP contribution in [-0.2, 0) is 16.1 Å². The summed E-state index contributed by atoms with van der Waals surface area (Å²) in [5.74, 6) is -1.35. The Balaban J connectivity index is 1.84. The predicted molar refractivity (Wildman–Crippen MR) is 65.4 cm³/mol. The molecule has 1 saturated carbocycles. The predicted octanol–water partition coefficient (Wildman–Crippen LogP) is 0.891. The normalized spacial score (nSPS) is 17.3. The van der Waals surface area contributed by atoms with Gasteiger partial charge in [-0.25, -0.2) is 9.59 Å². The van der Waals surface area contributed by atoms with Crippen molar-refractivity contribution in [3.8, 4) is 0 Å². The monoisotopic (exact) mass is 265 g/mol. The molecular formula is C13H15NO5. The molecular weight excluding hydrogens is 250 g/mol. The number of carboxylic acid groups (broad SMARTS) is 1. The molecule has 19 heavy (non-hydrogen) atoms. The van der Waals surface area contributed by atoms with E-state index in [1.54, 1.807) is 0 Å². The van der Waals surface area contributed by atoms with Gasteiger partial charge in [-0.1, -0.05) is 30.3 Å². The Kier molecular flexibility index (Phi) is 3.71. The molecule has 1 atom stereocenters. The topological polar surface area (TPSA) is 95.9 Å². The number of aliphatic carboxylic acids is 1. The van der Waals surface area contributed by atoms with Crippen molar-refractivity contribution >= 4 is 12.1 Å². The van der Waals surface area contributed by atoms with E-state index in [1.807, 2.05) is 30.3 Å². The second-order valence-electron chi connectivity index (χ2n) is 4.58. The number of hydrogen-bond acceptors (Lipinski definition) is 4. The summed E-state index contributed by atoms with van der Waals surface area (Å²) < 4.78 is 4.98. The van der Waals surface area contributed by atoms with Gasteiger partial charge in [-0.05, 0) is 18.4 Å². The van der Waals surface area contributed by atoms with Crippen LogP contribution in [0.15, 0.2) is 30.3 Å². The maximum absolute atomic E-state index is 11.6. The molecule has 0 radical (unpaired) electrons. The Labute approximate surface area is 110 Å². The fourth-order valence-electron chi connectivity index (χ4n) is 1.80. The van der Waals surface area contributed by atoms with Crippen molar-refractivity contribution < 1.29 is 24.5 Å². The summed E-state index contributed by atoms with van der Waals surface area (Å²) in [7, 11) is 0. The average molecular weight is 265 g/mol. The molecule has 1 unspecified atom stereocenters. The first kappa shape index (κ1) is 13.4. The van der Waals surface area contributed by atoms with Crippen LogP contribution in [0, 0.1) is 0 Å². The highest BCUT2D eigenvalue weighted by Crippen LogP contribution is 2.39. The summed E-state index contributed by atoms with van der Waals surface area (Å²) in [6, 6.07) is 9.13. The molecule has 1 amide bonds. The fraction of sp³-hybridized carbons (Fsp3) is 0.385. The zero-order chi connectivity index (χ0) is 13.9. The second-order valence-corrected chi connectivity index (χ2v) is 4.58. The Morgan fingerprint density at radius 3 is 2.47 bits per heavy atom. The van der Waals surface area contributed by atoms with E-state index in [0.717, 1.165) is 5.56 Å². The SMILES string of the molecule is O=C(NC1(C(O)C(=O)O)CC1)OCc1ccccc1. The van der Waals surface area contributed by atoms with Crippen molar-refractivity contribution in [3.05, 3.63) is 35.9 Å². The molecule has 0 saturated heterocycles. The van der Waals surface area contributed by atoms with E-state index < -0.39 is 23.7 Å². The minimum absolute atomic E-state index is 0.103. The zero-order valence-electron chi connectivity index (χ0n) is 10.2. The van der Waals surface area contributed by atoms with Gasteiger partial charge in [0, 0.05) is 0 Å². The quantitative estimate of drug-likeness (QED) is 0.734. The highest BCUT2D eigenvalue weighted by molar-refractivity contribution is 5.77. The van der Waals surface area contributed by atoms with Crippen molar-refractivity contribution in [1.82, 2.24) is 5.32 Å². The number of carbonyl (C=O) groups is 2. The van der Waals surface area contributed by atoms with E-state index in [2.05, 4.69) is 5.32 Å². The van der Waals surface area contributed by atoms with Crippen LogP contribution < -0.4 is 5.32 Å². The fourth-order valence-corrected chi connectivity index (χ4v) is 1.80. The van der Waals surface area contributed by atoms with Gasteiger partial charge in [0.1, 0.15) is 6.61 Å². The molecule has 6 heteroatoms. The van der Waals surface area contributed by atoms with E-state index >= 15 is 0 Å². The number of alkyl carbamates (subject to hydrolysis) is 1. The summed E-state index contributed by atoms with van der Waals surface area (Å²) in [5.41, 5.74) is -0.235. The molecule has 102 valence electrons. The summed E-state index contributed by atoms with van der Waals surface area (Å²) in [5, 5.41) is 20.6. The summed E-state index contributed by atoms with van der Waals surface area (Å²) in [6.07, 6.45) is -1.46. The minimum Gasteiger partial charge on any atom is -0.479 e. The molecule has 0 heterocycles. The number of ether oxygens (including phenoxy) is 1. The highest BCUT2D eigenvalue weighted by Gasteiger charge is 2.53. The van der Waals surface area contributed by atoms with Gasteiger partial charge in [0.2, 0.25) is 0 Å². The number of carboxylic acids is 1. The van der Waals surface area contributed by atoms with Crippen LogP contribution in [0.1, 0.15) is 18.4 Å². The van der Waals surface area contributed by atoms with Gasteiger partial charge in [0.15, 0.2) is 6.10 Å². The van der Waals surface area contributed by atoms with Crippen LogP contribution in [0.2, 0.25) is 0 Å². The molecule has 3 N–H and O–H groups in total. The number of benzene rings is 1. The highest BCUT2D eigenvalue weighted by atomic mass is 16.5. The third-order valence-corrected chi connectivity index (χ3v) is 3.11. The Morgan fingerprint density at radius 2 is 1.95 bits per heavy atom. The molecule has 1 aromatic rings. The van der Waals surface area contributed by atoms with Crippen LogP contribution >= 0.6 is 0 Å². The first-order valence-electron chi connectivity index (χ1n) is 5.93. The third-order valence-electron chi connectivity index (χ3n) is 3.11. The van der Waals surface area contributed by atoms with E-state index in [9.17, 15) is 14.7 Å². The number of aliphatic hydroxyl groups excluding tert-OH is 1. The number of hydrogen-bond donors (Lipinski definition) is 3. The molecule has 1 aliphatic rings. The van der Waals surface area contributed by atoms with Crippen LogP contribution in [-0.4, -0.2) is 33.9 Å². The number of aliphatic hydroxyl groups is 1. The summed E-state index contributed by atoms with van der Waals surface area (Å²) in [6.45, 7) is 0.103. The molecule has 1 aliphatic carbocycles. The lowest BCUT2D eigenvalue weighted by molar-refractivity contribution is -0.148. The van der Waals surface area contributed by atoms with Crippen LogP contribution in [0.5, 0.6) is 0 Å². The van der Waals surface area contributed by atoms with Crippen molar-refractivity contribution in [2.24, 2.45) is 0 Å². The van der Waals surface area contributed by atoms with Crippen molar-refractivity contribution in [2.75, 3.05) is 0 Å². The summed E-state index contributed by atoms with van der Waals surface area (Å²) >= 11 is 0. The van der Waals surface area contributed by atoms with Gasteiger partial charge in [-0.3, -0.25) is 0 Å². The maximum atomic E-state index is 11.6. The molecule has 1 aromatic carbocycles. The van der Waals surface area contributed by atoms with Crippen molar-refractivity contribution in [3.63, 3.8) is 0 Å². The standard InChI is InChI=1S/C13H15NO5/c15-10(11(16)17)13(6-7-13)14-12(18)19-8-9-4-2-1-3-5-9/h1-5,10,15H,6-8H2,(H,14,18)(H,16,17). The first-order chi connectivity index (χ1) is 9.03. The average Bonchev–Trinajstić information content (AvgIpc) is 3.17. The van der Waals surface area contributed by atoms with E-state index in [1.165, 1.54) is 0 Å². The molecule has 0 bridgehead atoms. The Hall–Kier alpha value is -2.08. The van der Waals surface area contributed by atoms with Gasteiger partial charge in [-0.2, -0.15) is 0 Å². The lowest BCUT2D eigenvalue weighted by Crippen LogP contribution is -2.49. The number of amides is 1. The molecule has 6 nitrogen and oxygen atoms in total. The molecule has 0 spiro atoms. The number of carbonyl (C=O) groups excluding carboxylic acids is 1. The van der Waals surface area contributed by atoms with Crippen LogP contribution in [0.4, 0.5) is 4.79 Å². The molecule has 0 aliphatic heterocycles. The largest absolute Gasteiger partial charge is 0.479 e.